The third kappa shape index (κ3) is 5.27. The molecule has 4 heterocycles. The van der Waals surface area contributed by atoms with Crippen LogP contribution < -0.4 is 4.74 Å². The van der Waals surface area contributed by atoms with Gasteiger partial charge in [-0.2, -0.15) is 0 Å². The Morgan fingerprint density at radius 1 is 1.24 bits per heavy atom. The zero-order valence-corrected chi connectivity index (χ0v) is 17.5. The second-order valence-corrected chi connectivity index (χ2v) is 8.49. The molecule has 0 N–H and O–H groups in total. The van der Waals surface area contributed by atoms with Gasteiger partial charge in [0.05, 0.1) is 24.5 Å². The van der Waals surface area contributed by atoms with Crippen LogP contribution in [0.1, 0.15) is 44.2 Å². The summed E-state index contributed by atoms with van der Waals surface area (Å²) in [6.07, 6.45) is 6.13. The SMILES string of the molecule is COc1cccc(CN2CCC3(CC2)CC(OCC(=O)N2CCCC2)CCO3)n1. The Hall–Kier alpha value is -1.70. The van der Waals surface area contributed by atoms with E-state index in [1.54, 1.807) is 7.11 Å². The number of methoxy groups -OCH3 is 1. The third-order valence-electron chi connectivity index (χ3n) is 6.49. The Morgan fingerprint density at radius 3 is 2.79 bits per heavy atom. The normalized spacial score (nSPS) is 24.7. The number of pyridine rings is 1. The average Bonchev–Trinajstić information content (AvgIpc) is 3.29. The van der Waals surface area contributed by atoms with Gasteiger partial charge in [0, 0.05) is 51.8 Å². The van der Waals surface area contributed by atoms with Crippen molar-refractivity contribution in [2.45, 2.75) is 56.8 Å². The zero-order chi connectivity index (χ0) is 20.1. The van der Waals surface area contributed by atoms with Crippen LogP contribution in [0.2, 0.25) is 0 Å². The fourth-order valence-electron chi connectivity index (χ4n) is 4.73. The molecule has 1 atom stereocenters. The quantitative estimate of drug-likeness (QED) is 0.726. The van der Waals surface area contributed by atoms with Crippen molar-refractivity contribution in [1.82, 2.24) is 14.8 Å². The van der Waals surface area contributed by atoms with E-state index in [1.165, 1.54) is 0 Å². The van der Waals surface area contributed by atoms with Gasteiger partial charge in [0.1, 0.15) is 6.61 Å². The van der Waals surface area contributed by atoms with Crippen LogP contribution in [0.5, 0.6) is 5.88 Å². The molecule has 0 aliphatic carbocycles. The van der Waals surface area contributed by atoms with Gasteiger partial charge < -0.3 is 19.1 Å². The highest BCUT2D eigenvalue weighted by Crippen LogP contribution is 2.36. The Morgan fingerprint density at radius 2 is 2.03 bits per heavy atom. The fourth-order valence-corrected chi connectivity index (χ4v) is 4.73. The first-order valence-electron chi connectivity index (χ1n) is 10.9. The molecule has 7 heteroatoms. The van der Waals surface area contributed by atoms with Crippen molar-refractivity contribution >= 4 is 5.91 Å². The second-order valence-electron chi connectivity index (χ2n) is 8.49. The number of piperidine rings is 1. The van der Waals surface area contributed by atoms with Crippen LogP contribution in [0.25, 0.3) is 0 Å². The molecule has 1 amide bonds. The van der Waals surface area contributed by atoms with Crippen LogP contribution in [0.3, 0.4) is 0 Å². The summed E-state index contributed by atoms with van der Waals surface area (Å²) in [4.78, 5) is 21.1. The highest BCUT2D eigenvalue weighted by Gasteiger charge is 2.41. The molecule has 1 spiro atoms. The van der Waals surface area contributed by atoms with Gasteiger partial charge in [-0.1, -0.05) is 6.07 Å². The molecular weight excluding hydrogens is 370 g/mol. The Kier molecular flexibility index (Phi) is 6.67. The third-order valence-corrected chi connectivity index (χ3v) is 6.49. The smallest absolute Gasteiger partial charge is 0.248 e. The van der Waals surface area contributed by atoms with Gasteiger partial charge in [-0.3, -0.25) is 9.69 Å². The van der Waals surface area contributed by atoms with E-state index >= 15 is 0 Å². The Labute approximate surface area is 173 Å². The van der Waals surface area contributed by atoms with Gasteiger partial charge in [0.15, 0.2) is 0 Å². The molecule has 1 aromatic rings. The molecule has 1 unspecified atom stereocenters. The fraction of sp³-hybridized carbons (Fsp3) is 0.727. The van der Waals surface area contributed by atoms with Crippen molar-refractivity contribution < 1.29 is 19.0 Å². The van der Waals surface area contributed by atoms with Crippen LogP contribution in [-0.4, -0.2) is 78.9 Å². The van der Waals surface area contributed by atoms with Gasteiger partial charge in [-0.05, 0) is 38.2 Å². The minimum Gasteiger partial charge on any atom is -0.481 e. The summed E-state index contributed by atoms with van der Waals surface area (Å²) in [6, 6.07) is 5.91. The lowest BCUT2D eigenvalue weighted by Crippen LogP contribution is -2.51. The highest BCUT2D eigenvalue weighted by molar-refractivity contribution is 5.77. The number of amides is 1. The first kappa shape index (κ1) is 20.6. The number of hydrogen-bond acceptors (Lipinski definition) is 6. The van der Waals surface area contributed by atoms with E-state index < -0.39 is 0 Å². The number of aromatic nitrogens is 1. The van der Waals surface area contributed by atoms with Gasteiger partial charge in [-0.15, -0.1) is 0 Å². The van der Waals surface area contributed by atoms with Crippen LogP contribution in [0.4, 0.5) is 0 Å². The van der Waals surface area contributed by atoms with Crippen LogP contribution in [0.15, 0.2) is 18.2 Å². The lowest BCUT2D eigenvalue weighted by atomic mass is 9.83. The van der Waals surface area contributed by atoms with Gasteiger partial charge >= 0.3 is 0 Å². The van der Waals surface area contributed by atoms with Crippen LogP contribution >= 0.6 is 0 Å². The maximum atomic E-state index is 12.3. The van der Waals surface area contributed by atoms with E-state index in [9.17, 15) is 4.79 Å². The standard InChI is InChI=1S/C22H33N3O4/c1-27-20-6-4-5-18(23-20)16-24-12-8-22(9-13-24)15-19(7-14-29-22)28-17-21(26)25-10-2-3-11-25/h4-6,19H,2-3,7-17H2,1H3. The van der Waals surface area contributed by atoms with Crippen molar-refractivity contribution in [3.05, 3.63) is 23.9 Å². The first-order chi connectivity index (χ1) is 14.2. The molecule has 1 aromatic heterocycles. The van der Waals surface area contributed by atoms with E-state index in [4.69, 9.17) is 14.2 Å². The molecule has 0 radical (unpaired) electrons. The monoisotopic (exact) mass is 403 g/mol. The molecule has 160 valence electrons. The summed E-state index contributed by atoms with van der Waals surface area (Å²) in [5.41, 5.74) is 0.935. The van der Waals surface area contributed by atoms with Crippen molar-refractivity contribution in [3.8, 4) is 5.88 Å². The number of ether oxygens (including phenoxy) is 3. The highest BCUT2D eigenvalue weighted by atomic mass is 16.5. The lowest BCUT2D eigenvalue weighted by molar-refractivity contribution is -0.163. The predicted octanol–water partition coefficient (Wildman–Crippen LogP) is 2.24. The topological polar surface area (TPSA) is 64.1 Å². The molecule has 3 aliphatic heterocycles. The number of hydrogen-bond donors (Lipinski definition) is 0. The molecule has 0 saturated carbocycles. The summed E-state index contributed by atoms with van der Waals surface area (Å²) in [7, 11) is 1.65. The molecule has 3 saturated heterocycles. The summed E-state index contributed by atoms with van der Waals surface area (Å²) < 4.78 is 17.5. The second kappa shape index (κ2) is 9.41. The average molecular weight is 404 g/mol. The molecule has 3 fully saturated rings. The summed E-state index contributed by atoms with van der Waals surface area (Å²) >= 11 is 0. The van der Waals surface area contributed by atoms with Gasteiger partial charge in [0.25, 0.3) is 0 Å². The lowest BCUT2D eigenvalue weighted by Gasteiger charge is -2.46. The van der Waals surface area contributed by atoms with Crippen molar-refractivity contribution in [3.63, 3.8) is 0 Å². The largest absolute Gasteiger partial charge is 0.481 e. The van der Waals surface area contributed by atoms with Crippen LogP contribution in [-0.2, 0) is 20.8 Å². The summed E-state index contributed by atoms with van der Waals surface area (Å²) in [5.74, 6) is 0.804. The molecular formula is C22H33N3O4. The Bertz CT molecular complexity index is 684. The van der Waals surface area contributed by atoms with Gasteiger partial charge in [-0.25, -0.2) is 4.98 Å². The maximum Gasteiger partial charge on any atom is 0.248 e. The molecule has 7 nitrogen and oxygen atoms in total. The van der Waals surface area contributed by atoms with E-state index in [0.29, 0.717) is 5.88 Å². The Balaban J connectivity index is 1.24. The molecule has 4 rings (SSSR count). The van der Waals surface area contributed by atoms with Gasteiger partial charge in [0.2, 0.25) is 11.8 Å². The zero-order valence-electron chi connectivity index (χ0n) is 17.5. The summed E-state index contributed by atoms with van der Waals surface area (Å²) in [5, 5.41) is 0. The number of carbonyl (C=O) groups is 1. The minimum absolute atomic E-state index is 0.0993. The molecule has 0 aromatic carbocycles. The van der Waals surface area contributed by atoms with Crippen molar-refractivity contribution in [1.29, 1.82) is 0 Å². The molecule has 0 bridgehead atoms. The number of likely N-dealkylation sites (tertiary alicyclic amines) is 2. The van der Waals surface area contributed by atoms with E-state index in [0.717, 1.165) is 83.5 Å². The van der Waals surface area contributed by atoms with E-state index in [1.807, 2.05) is 23.1 Å². The number of carbonyl (C=O) groups excluding carboxylic acids is 1. The number of rotatable bonds is 6. The van der Waals surface area contributed by atoms with E-state index in [2.05, 4.69) is 9.88 Å². The van der Waals surface area contributed by atoms with Crippen molar-refractivity contribution in [2.75, 3.05) is 46.5 Å². The minimum atomic E-state index is -0.0993. The van der Waals surface area contributed by atoms with Crippen LogP contribution in [0, 0.1) is 0 Å². The molecule has 29 heavy (non-hydrogen) atoms. The van der Waals surface area contributed by atoms with E-state index in [-0.39, 0.29) is 24.2 Å². The summed E-state index contributed by atoms with van der Waals surface area (Å²) in [6.45, 7) is 5.51. The maximum absolute atomic E-state index is 12.3. The predicted molar refractivity (Wildman–Crippen MR) is 109 cm³/mol. The number of nitrogens with zero attached hydrogens (tertiary/aromatic N) is 3. The molecule has 3 aliphatic rings. The first-order valence-corrected chi connectivity index (χ1v) is 10.9. The van der Waals surface area contributed by atoms with Crippen molar-refractivity contribution in [2.24, 2.45) is 0 Å².